The third-order valence-corrected chi connectivity index (χ3v) is 14.6. The van der Waals surface area contributed by atoms with Gasteiger partial charge in [0.2, 0.25) is 0 Å². The molecule has 4 aliphatic rings. The highest BCUT2D eigenvalue weighted by atomic mass is 19.4. The second-order valence-corrected chi connectivity index (χ2v) is 18.1. The Morgan fingerprint density at radius 3 is 2.00 bits per heavy atom. The van der Waals surface area contributed by atoms with Crippen molar-refractivity contribution in [2.45, 2.75) is 149 Å². The van der Waals surface area contributed by atoms with Gasteiger partial charge in [-0.05, 0) is 127 Å². The third-order valence-electron chi connectivity index (χ3n) is 14.6. The fourth-order valence-corrected chi connectivity index (χ4v) is 12.0. The van der Waals surface area contributed by atoms with E-state index in [9.17, 15) is 0 Å². The Hall–Kier alpha value is -1.78. The molecule has 50 heavy (non-hydrogen) atoms. The maximum absolute atomic E-state index is 15.4. The summed E-state index contributed by atoms with van der Waals surface area (Å²) < 4.78 is 126. The van der Waals surface area contributed by atoms with Crippen LogP contribution in [0, 0.1) is 57.7 Å². The van der Waals surface area contributed by atoms with Crippen LogP contribution < -0.4 is 11.5 Å². The number of fused-ring (bicyclic) bond motifs is 5. The van der Waals surface area contributed by atoms with E-state index in [4.69, 9.17) is 11.5 Å². The molecule has 11 heteroatoms. The van der Waals surface area contributed by atoms with Crippen molar-refractivity contribution in [3.63, 3.8) is 0 Å². The van der Waals surface area contributed by atoms with E-state index in [2.05, 4.69) is 39.4 Å². The zero-order valence-corrected chi connectivity index (χ0v) is 30.7. The average molecular weight is 723 g/mol. The Morgan fingerprint density at radius 1 is 0.760 bits per heavy atom. The summed E-state index contributed by atoms with van der Waals surface area (Å²) in [6.45, 7) is 15.0. The second-order valence-electron chi connectivity index (χ2n) is 18.1. The molecule has 4 N–H and O–H groups in total. The minimum atomic E-state index is -6.58. The summed E-state index contributed by atoms with van der Waals surface area (Å²) in [6.07, 6.45) is 2.63. The van der Waals surface area contributed by atoms with Crippen LogP contribution in [0.15, 0.2) is 18.2 Å². The van der Waals surface area contributed by atoms with Gasteiger partial charge in [-0.25, -0.2) is 0 Å². The number of halogens is 8. The fraction of sp³-hybridized carbons (Fsp3) is 0.846. The van der Waals surface area contributed by atoms with Gasteiger partial charge in [-0.1, -0.05) is 67.7 Å². The Kier molecular flexibility index (Phi) is 10.2. The lowest BCUT2D eigenvalue weighted by Gasteiger charge is -2.65. The quantitative estimate of drug-likeness (QED) is 0.177. The number of rotatable bonds is 11. The van der Waals surface area contributed by atoms with Crippen molar-refractivity contribution in [3.05, 3.63) is 23.8 Å². The molecule has 1 aromatic carbocycles. The number of ether oxygens (including phenoxy) is 1. The Balaban J connectivity index is 1.33. The lowest BCUT2D eigenvalue weighted by molar-refractivity contribution is -0.444. The van der Waals surface area contributed by atoms with Crippen molar-refractivity contribution in [3.8, 4) is 0 Å². The summed E-state index contributed by atoms with van der Waals surface area (Å²) in [5.41, 5.74) is 6.72. The van der Waals surface area contributed by atoms with Gasteiger partial charge < -0.3 is 16.2 Å². The smallest absolute Gasteiger partial charge is 0.399 e. The molecule has 0 amide bonds. The molecular weight excluding hydrogens is 664 g/mol. The molecule has 0 saturated heterocycles. The summed E-state index contributed by atoms with van der Waals surface area (Å²) in [5, 5.41) is 0. The standard InChI is InChI=1S/C39H58F8N2O/c1-22(2)9-8-10-23(3)26-14-15-27-25-12-16-31-33(4,5)32(18-20-35(31,7)28(25)17-19-34(26,27)6)50-39(46,47)38(44,45)37(42,43)36(40,41)29-13-11-24(48)21-30(29)49/h11,13,21-23,25-28,31-32H,8-10,12,14-20,48-49H2,1-7H3/t23-,25+,26-,27+,28+,31?,32?,34-,35-/m1/s1. The highest BCUT2D eigenvalue weighted by Gasteiger charge is 2.83. The number of anilines is 2. The first-order chi connectivity index (χ1) is 22.9. The van der Waals surface area contributed by atoms with Gasteiger partial charge in [-0.2, -0.15) is 35.1 Å². The summed E-state index contributed by atoms with van der Waals surface area (Å²) in [6, 6.07) is 1.77. The number of nitrogen functional groups attached to an aromatic ring is 2. The fourth-order valence-electron chi connectivity index (χ4n) is 12.0. The molecule has 286 valence electrons. The van der Waals surface area contributed by atoms with Crippen LogP contribution in [0.1, 0.15) is 125 Å². The number of benzene rings is 1. The molecule has 4 saturated carbocycles. The van der Waals surface area contributed by atoms with E-state index >= 15 is 35.1 Å². The first kappa shape index (κ1) is 39.4. The minimum Gasteiger partial charge on any atom is -0.399 e. The van der Waals surface area contributed by atoms with Crippen LogP contribution in [0.25, 0.3) is 0 Å². The topological polar surface area (TPSA) is 61.3 Å². The largest absolute Gasteiger partial charge is 0.426 e. The maximum atomic E-state index is 15.4. The number of hydrogen-bond donors (Lipinski definition) is 2. The van der Waals surface area contributed by atoms with Crippen molar-refractivity contribution < 1.29 is 39.9 Å². The third kappa shape index (κ3) is 6.03. The molecule has 5 rings (SSSR count). The van der Waals surface area contributed by atoms with E-state index in [0.717, 1.165) is 25.3 Å². The van der Waals surface area contributed by atoms with Crippen LogP contribution >= 0.6 is 0 Å². The monoisotopic (exact) mass is 722 g/mol. The minimum absolute atomic E-state index is 0.0702. The van der Waals surface area contributed by atoms with Crippen LogP contribution in [-0.2, 0) is 10.7 Å². The van der Waals surface area contributed by atoms with Gasteiger partial charge in [0.05, 0.1) is 11.7 Å². The molecule has 0 radical (unpaired) electrons. The summed E-state index contributed by atoms with van der Waals surface area (Å²) in [7, 11) is 0. The predicted octanol–water partition coefficient (Wildman–Crippen LogP) is 11.9. The van der Waals surface area contributed by atoms with Gasteiger partial charge in [0.15, 0.2) is 0 Å². The first-order valence-electron chi connectivity index (χ1n) is 18.7. The molecule has 0 aliphatic heterocycles. The molecule has 0 spiro atoms. The van der Waals surface area contributed by atoms with Gasteiger partial charge >= 0.3 is 23.9 Å². The normalized spacial score (nSPS) is 35.4. The molecular formula is C39H58F8N2O. The zero-order valence-electron chi connectivity index (χ0n) is 30.7. The van der Waals surface area contributed by atoms with Gasteiger partial charge in [0.1, 0.15) is 0 Å². The van der Waals surface area contributed by atoms with E-state index in [1.54, 1.807) is 13.8 Å². The van der Waals surface area contributed by atoms with Crippen LogP contribution in [0.3, 0.4) is 0 Å². The van der Waals surface area contributed by atoms with E-state index < -0.39 is 46.6 Å². The molecule has 4 aliphatic carbocycles. The highest BCUT2D eigenvalue weighted by molar-refractivity contribution is 5.58. The van der Waals surface area contributed by atoms with Crippen molar-refractivity contribution in [2.24, 2.45) is 57.7 Å². The van der Waals surface area contributed by atoms with E-state index in [1.165, 1.54) is 32.1 Å². The van der Waals surface area contributed by atoms with Crippen LogP contribution in [0.2, 0.25) is 0 Å². The highest BCUT2D eigenvalue weighted by Crippen LogP contribution is 2.71. The molecule has 0 bridgehead atoms. The van der Waals surface area contributed by atoms with Gasteiger partial charge in [-0.15, -0.1) is 0 Å². The number of hydrogen-bond acceptors (Lipinski definition) is 3. The SMILES string of the molecule is CC(C)CCC[C@@H](C)[C@H]1CC[C@H]2[C@@H]3CCC4C(C)(C)C(OC(F)(F)C(F)(F)C(F)(F)C(F)(F)c5ccc(N)cc5N)CC[C@]4(C)[C@H]3CC[C@]12C. The molecule has 2 unspecified atom stereocenters. The van der Waals surface area contributed by atoms with Crippen LogP contribution in [0.4, 0.5) is 46.5 Å². The molecule has 1 aromatic rings. The number of nitrogens with two attached hydrogens (primary N) is 2. The lowest BCUT2D eigenvalue weighted by Crippen LogP contribution is -2.65. The Morgan fingerprint density at radius 2 is 1.38 bits per heavy atom. The van der Waals surface area contributed by atoms with E-state index in [-0.39, 0.29) is 28.9 Å². The Bertz CT molecular complexity index is 1380. The zero-order chi connectivity index (χ0) is 37.5. The molecule has 9 atom stereocenters. The van der Waals surface area contributed by atoms with Crippen molar-refractivity contribution in [1.29, 1.82) is 0 Å². The second kappa shape index (κ2) is 13.0. The van der Waals surface area contributed by atoms with Gasteiger partial charge in [0.25, 0.3) is 0 Å². The molecule has 3 nitrogen and oxygen atoms in total. The van der Waals surface area contributed by atoms with Gasteiger partial charge in [0, 0.05) is 11.4 Å². The molecule has 0 heterocycles. The van der Waals surface area contributed by atoms with Crippen LogP contribution in [0.5, 0.6) is 0 Å². The van der Waals surface area contributed by atoms with Crippen molar-refractivity contribution in [1.82, 2.24) is 0 Å². The van der Waals surface area contributed by atoms with Crippen molar-refractivity contribution >= 4 is 11.4 Å². The lowest BCUT2D eigenvalue weighted by atomic mass is 9.41. The van der Waals surface area contributed by atoms with E-state index in [0.29, 0.717) is 60.5 Å². The predicted molar refractivity (Wildman–Crippen MR) is 181 cm³/mol. The molecule has 0 aromatic heterocycles. The van der Waals surface area contributed by atoms with E-state index in [1.807, 2.05) is 0 Å². The summed E-state index contributed by atoms with van der Waals surface area (Å²) in [5.74, 6) is -15.7. The Labute approximate surface area is 293 Å². The maximum Gasteiger partial charge on any atom is 0.426 e. The average Bonchev–Trinajstić information content (AvgIpc) is 3.35. The number of alkyl halides is 8. The summed E-state index contributed by atoms with van der Waals surface area (Å²) in [4.78, 5) is 0. The van der Waals surface area contributed by atoms with Crippen molar-refractivity contribution in [2.75, 3.05) is 11.5 Å². The summed E-state index contributed by atoms with van der Waals surface area (Å²) >= 11 is 0. The van der Waals surface area contributed by atoms with Gasteiger partial charge in [-0.3, -0.25) is 0 Å². The first-order valence-corrected chi connectivity index (χ1v) is 18.7. The molecule has 4 fully saturated rings. The van der Waals surface area contributed by atoms with Crippen LogP contribution in [-0.4, -0.2) is 24.1 Å².